The van der Waals surface area contributed by atoms with Crippen LogP contribution in [0, 0.1) is 0 Å². The van der Waals surface area contributed by atoms with Crippen LogP contribution in [0.25, 0.3) is 0 Å². The SMILES string of the molecule is NC1Cc2ccccc2N(CCOCCO)C1. The molecule has 4 nitrogen and oxygen atoms in total. The molecule has 1 aromatic carbocycles. The van der Waals surface area contributed by atoms with E-state index < -0.39 is 0 Å². The predicted molar refractivity (Wildman–Crippen MR) is 68.2 cm³/mol. The maximum atomic E-state index is 8.64. The van der Waals surface area contributed by atoms with Crippen molar-refractivity contribution in [2.75, 3.05) is 37.8 Å². The molecule has 0 amide bonds. The Labute approximate surface area is 102 Å². The molecule has 0 saturated carbocycles. The lowest BCUT2D eigenvalue weighted by atomic mass is 9.98. The summed E-state index contributed by atoms with van der Waals surface area (Å²) in [5, 5.41) is 8.64. The number of nitrogens with zero attached hydrogens (tertiary/aromatic N) is 1. The smallest absolute Gasteiger partial charge is 0.0698 e. The Morgan fingerprint density at radius 2 is 2.18 bits per heavy atom. The van der Waals surface area contributed by atoms with Gasteiger partial charge in [-0.3, -0.25) is 0 Å². The molecule has 0 aliphatic carbocycles. The number of rotatable bonds is 5. The van der Waals surface area contributed by atoms with E-state index in [4.69, 9.17) is 15.6 Å². The first-order valence-corrected chi connectivity index (χ1v) is 6.08. The highest BCUT2D eigenvalue weighted by Crippen LogP contribution is 2.25. The summed E-state index contributed by atoms with van der Waals surface area (Å²) in [6.07, 6.45) is 0.949. The molecule has 94 valence electrons. The lowest BCUT2D eigenvalue weighted by Crippen LogP contribution is -2.44. The van der Waals surface area contributed by atoms with Crippen molar-refractivity contribution in [3.05, 3.63) is 29.8 Å². The molecule has 0 aromatic heterocycles. The Bertz CT molecular complexity index is 357. The zero-order chi connectivity index (χ0) is 12.1. The number of fused-ring (bicyclic) bond motifs is 1. The second kappa shape index (κ2) is 6.00. The van der Waals surface area contributed by atoms with Crippen LogP contribution in [0.2, 0.25) is 0 Å². The number of benzene rings is 1. The van der Waals surface area contributed by atoms with E-state index in [0.29, 0.717) is 13.2 Å². The molecule has 0 saturated heterocycles. The molecule has 1 unspecified atom stereocenters. The molecule has 1 aromatic rings. The van der Waals surface area contributed by atoms with Crippen molar-refractivity contribution in [3.8, 4) is 0 Å². The van der Waals surface area contributed by atoms with Crippen molar-refractivity contribution in [3.63, 3.8) is 0 Å². The Morgan fingerprint density at radius 3 is 3.00 bits per heavy atom. The summed E-state index contributed by atoms with van der Waals surface area (Å²) in [6.45, 7) is 2.81. The van der Waals surface area contributed by atoms with Crippen LogP contribution < -0.4 is 10.6 Å². The van der Waals surface area contributed by atoms with Crippen molar-refractivity contribution in [2.45, 2.75) is 12.5 Å². The van der Waals surface area contributed by atoms with Crippen molar-refractivity contribution in [2.24, 2.45) is 5.73 Å². The Balaban J connectivity index is 1.97. The molecule has 1 aliphatic rings. The van der Waals surface area contributed by atoms with Gasteiger partial charge < -0.3 is 20.5 Å². The summed E-state index contributed by atoms with van der Waals surface area (Å²) in [6, 6.07) is 8.57. The largest absolute Gasteiger partial charge is 0.394 e. The molecule has 1 aliphatic heterocycles. The zero-order valence-electron chi connectivity index (χ0n) is 10.0. The quantitative estimate of drug-likeness (QED) is 0.726. The first-order chi connectivity index (χ1) is 8.31. The fraction of sp³-hybridized carbons (Fsp3) is 0.538. The third kappa shape index (κ3) is 3.19. The van der Waals surface area contributed by atoms with Crippen LogP contribution in [0.3, 0.4) is 0 Å². The second-order valence-electron chi connectivity index (χ2n) is 4.37. The summed E-state index contributed by atoms with van der Waals surface area (Å²) in [5.74, 6) is 0. The summed E-state index contributed by atoms with van der Waals surface area (Å²) in [7, 11) is 0. The number of aliphatic hydroxyl groups is 1. The molecule has 0 bridgehead atoms. The molecule has 2 rings (SSSR count). The number of anilines is 1. The lowest BCUT2D eigenvalue weighted by molar-refractivity contribution is 0.0964. The predicted octanol–water partition coefficient (Wildman–Crippen LogP) is 0.385. The Morgan fingerprint density at radius 1 is 1.35 bits per heavy atom. The van der Waals surface area contributed by atoms with Crippen LogP contribution in [0.1, 0.15) is 5.56 Å². The minimum atomic E-state index is 0.0795. The van der Waals surface area contributed by atoms with Gasteiger partial charge in [-0.1, -0.05) is 18.2 Å². The topological polar surface area (TPSA) is 58.7 Å². The second-order valence-corrected chi connectivity index (χ2v) is 4.37. The van der Waals surface area contributed by atoms with Crippen molar-refractivity contribution < 1.29 is 9.84 Å². The standard InChI is InChI=1S/C13H20N2O2/c14-12-9-11-3-1-2-4-13(11)15(10-12)5-7-17-8-6-16/h1-4,12,16H,5-10,14H2. The normalized spacial score (nSPS) is 19.2. The number of para-hydroxylation sites is 1. The monoisotopic (exact) mass is 236 g/mol. The third-order valence-corrected chi connectivity index (χ3v) is 3.01. The van der Waals surface area contributed by atoms with Gasteiger partial charge in [-0.05, 0) is 18.1 Å². The summed E-state index contributed by atoms with van der Waals surface area (Å²) >= 11 is 0. The Hall–Kier alpha value is -1.10. The van der Waals surface area contributed by atoms with Crippen LogP contribution in [-0.4, -0.2) is 44.1 Å². The van der Waals surface area contributed by atoms with Gasteiger partial charge in [-0.25, -0.2) is 0 Å². The fourth-order valence-electron chi connectivity index (χ4n) is 2.27. The van der Waals surface area contributed by atoms with E-state index in [0.717, 1.165) is 19.5 Å². The first kappa shape index (κ1) is 12.4. The number of nitrogens with two attached hydrogens (primary N) is 1. The molecular weight excluding hydrogens is 216 g/mol. The maximum Gasteiger partial charge on any atom is 0.0698 e. The van der Waals surface area contributed by atoms with Crippen LogP contribution in [0.5, 0.6) is 0 Å². The first-order valence-electron chi connectivity index (χ1n) is 6.08. The zero-order valence-corrected chi connectivity index (χ0v) is 10.0. The Kier molecular flexibility index (Phi) is 4.36. The van der Waals surface area contributed by atoms with Gasteiger partial charge in [0, 0.05) is 24.8 Å². The van der Waals surface area contributed by atoms with Crippen LogP contribution in [-0.2, 0) is 11.2 Å². The molecule has 0 fully saturated rings. The van der Waals surface area contributed by atoms with Gasteiger partial charge in [0.1, 0.15) is 0 Å². The number of hydrogen-bond acceptors (Lipinski definition) is 4. The van der Waals surface area contributed by atoms with Gasteiger partial charge in [0.15, 0.2) is 0 Å². The van der Waals surface area contributed by atoms with Crippen LogP contribution in [0.15, 0.2) is 24.3 Å². The molecule has 3 N–H and O–H groups in total. The van der Waals surface area contributed by atoms with Gasteiger partial charge in [-0.15, -0.1) is 0 Å². The van der Waals surface area contributed by atoms with E-state index in [1.54, 1.807) is 0 Å². The molecule has 1 atom stereocenters. The molecule has 17 heavy (non-hydrogen) atoms. The number of ether oxygens (including phenoxy) is 1. The van der Waals surface area contributed by atoms with E-state index >= 15 is 0 Å². The molecule has 0 spiro atoms. The highest BCUT2D eigenvalue weighted by molar-refractivity contribution is 5.56. The van der Waals surface area contributed by atoms with Crippen molar-refractivity contribution in [1.82, 2.24) is 0 Å². The van der Waals surface area contributed by atoms with Crippen molar-refractivity contribution in [1.29, 1.82) is 0 Å². The van der Waals surface area contributed by atoms with E-state index in [9.17, 15) is 0 Å². The van der Waals surface area contributed by atoms with Gasteiger partial charge in [0.25, 0.3) is 0 Å². The van der Waals surface area contributed by atoms with E-state index in [-0.39, 0.29) is 12.6 Å². The summed E-state index contributed by atoms with van der Waals surface area (Å²) in [4.78, 5) is 2.26. The van der Waals surface area contributed by atoms with Crippen LogP contribution in [0.4, 0.5) is 5.69 Å². The number of hydrogen-bond donors (Lipinski definition) is 2. The van der Waals surface area contributed by atoms with E-state index in [1.807, 2.05) is 0 Å². The van der Waals surface area contributed by atoms with Gasteiger partial charge in [0.2, 0.25) is 0 Å². The van der Waals surface area contributed by atoms with E-state index in [1.165, 1.54) is 11.3 Å². The molecular formula is C13H20N2O2. The molecule has 0 radical (unpaired) electrons. The van der Waals surface area contributed by atoms with Gasteiger partial charge in [0.05, 0.1) is 19.8 Å². The third-order valence-electron chi connectivity index (χ3n) is 3.01. The summed E-state index contributed by atoms with van der Waals surface area (Å²) < 4.78 is 5.30. The maximum absolute atomic E-state index is 8.64. The van der Waals surface area contributed by atoms with Crippen molar-refractivity contribution >= 4 is 5.69 Å². The minimum Gasteiger partial charge on any atom is -0.394 e. The van der Waals surface area contributed by atoms with Gasteiger partial charge >= 0.3 is 0 Å². The number of aliphatic hydroxyl groups excluding tert-OH is 1. The highest BCUT2D eigenvalue weighted by atomic mass is 16.5. The average molecular weight is 236 g/mol. The summed E-state index contributed by atoms with van der Waals surface area (Å²) in [5.41, 5.74) is 8.63. The highest BCUT2D eigenvalue weighted by Gasteiger charge is 2.20. The minimum absolute atomic E-state index is 0.0795. The van der Waals surface area contributed by atoms with Crippen LogP contribution >= 0.6 is 0 Å². The fourth-order valence-corrected chi connectivity index (χ4v) is 2.27. The van der Waals surface area contributed by atoms with Gasteiger partial charge in [-0.2, -0.15) is 0 Å². The molecule has 4 heteroatoms. The van der Waals surface area contributed by atoms with E-state index in [2.05, 4.69) is 29.2 Å². The average Bonchev–Trinajstić information content (AvgIpc) is 2.34. The lowest BCUT2D eigenvalue weighted by Gasteiger charge is -2.34. The molecule has 1 heterocycles.